The van der Waals surface area contributed by atoms with E-state index in [0.29, 0.717) is 12.0 Å². The van der Waals surface area contributed by atoms with E-state index in [1.165, 1.54) is 6.07 Å². The summed E-state index contributed by atoms with van der Waals surface area (Å²) in [5.41, 5.74) is 7.13. The zero-order chi connectivity index (χ0) is 10.6. The Labute approximate surface area is 83.2 Å². The van der Waals surface area contributed by atoms with E-state index in [1.807, 2.05) is 13.0 Å². The van der Waals surface area contributed by atoms with Gasteiger partial charge in [-0.05, 0) is 23.6 Å². The van der Waals surface area contributed by atoms with E-state index in [2.05, 4.69) is 0 Å². The first kappa shape index (κ1) is 10.7. The average molecular weight is 192 g/mol. The summed E-state index contributed by atoms with van der Waals surface area (Å²) < 4.78 is 13.3. The van der Waals surface area contributed by atoms with E-state index in [9.17, 15) is 4.39 Å². The van der Waals surface area contributed by atoms with Crippen LogP contribution in [0.3, 0.4) is 0 Å². The van der Waals surface area contributed by atoms with Crippen LogP contribution in [0.15, 0.2) is 18.2 Å². The van der Waals surface area contributed by atoms with E-state index in [4.69, 9.17) is 11.0 Å². The molecule has 0 aliphatic rings. The molecule has 0 bridgehead atoms. The van der Waals surface area contributed by atoms with Crippen LogP contribution in [0.4, 0.5) is 4.39 Å². The van der Waals surface area contributed by atoms with Gasteiger partial charge < -0.3 is 5.73 Å². The van der Waals surface area contributed by atoms with Crippen LogP contribution in [-0.2, 0) is 6.42 Å². The van der Waals surface area contributed by atoms with Crippen LogP contribution in [0.2, 0.25) is 0 Å². The number of nitriles is 1. The molecule has 0 saturated heterocycles. The van der Waals surface area contributed by atoms with Gasteiger partial charge >= 0.3 is 0 Å². The maximum atomic E-state index is 13.3. The van der Waals surface area contributed by atoms with Crippen LogP contribution in [0, 0.1) is 17.1 Å². The minimum absolute atomic E-state index is 0.219. The van der Waals surface area contributed by atoms with Crippen molar-refractivity contribution in [1.29, 1.82) is 5.26 Å². The van der Waals surface area contributed by atoms with E-state index >= 15 is 0 Å². The fourth-order valence-electron chi connectivity index (χ4n) is 1.50. The molecular weight excluding hydrogens is 179 g/mol. The molecule has 1 rings (SSSR count). The summed E-state index contributed by atoms with van der Waals surface area (Å²) in [5, 5.41) is 8.51. The first-order valence-corrected chi connectivity index (χ1v) is 4.60. The maximum Gasteiger partial charge on any atom is 0.126 e. The molecule has 2 N–H and O–H groups in total. The van der Waals surface area contributed by atoms with Gasteiger partial charge in [-0.3, -0.25) is 0 Å². The molecule has 0 fully saturated rings. The monoisotopic (exact) mass is 192 g/mol. The molecular formula is C11H13FN2. The number of nitrogens with zero attached hydrogens (tertiary/aromatic N) is 1. The summed E-state index contributed by atoms with van der Waals surface area (Å²) in [6.45, 7) is 1.88. The first-order valence-electron chi connectivity index (χ1n) is 4.60. The predicted octanol–water partition coefficient (Wildman–Crippen LogP) is 2.30. The predicted molar refractivity (Wildman–Crippen MR) is 52.9 cm³/mol. The van der Waals surface area contributed by atoms with Crippen LogP contribution in [0.1, 0.15) is 30.5 Å². The van der Waals surface area contributed by atoms with Gasteiger partial charge in [-0.25, -0.2) is 4.39 Å². The van der Waals surface area contributed by atoms with E-state index in [1.54, 1.807) is 12.1 Å². The molecule has 2 nitrogen and oxygen atoms in total. The third-order valence-corrected chi connectivity index (χ3v) is 2.22. The smallest absolute Gasteiger partial charge is 0.126 e. The molecule has 1 aromatic carbocycles. The van der Waals surface area contributed by atoms with Crippen molar-refractivity contribution in [3.8, 4) is 6.07 Å². The lowest BCUT2D eigenvalue weighted by Gasteiger charge is -2.13. The Morgan fingerprint density at radius 3 is 2.86 bits per heavy atom. The molecule has 0 saturated carbocycles. The van der Waals surface area contributed by atoms with Crippen molar-refractivity contribution in [2.24, 2.45) is 5.73 Å². The topological polar surface area (TPSA) is 49.8 Å². The lowest BCUT2D eigenvalue weighted by Crippen LogP contribution is -2.12. The highest BCUT2D eigenvalue weighted by Crippen LogP contribution is 2.21. The molecule has 74 valence electrons. The third-order valence-electron chi connectivity index (χ3n) is 2.22. The molecule has 0 unspecified atom stereocenters. The standard InChI is InChI=1S/C11H13FN2/c1-2-8-9(11(14)6-7-13)4-3-5-10(8)12/h3-5,11H,2,6,14H2,1H3/t11-/m1/s1. The number of hydrogen-bond donors (Lipinski definition) is 1. The highest BCUT2D eigenvalue weighted by atomic mass is 19.1. The zero-order valence-corrected chi connectivity index (χ0v) is 8.13. The number of hydrogen-bond acceptors (Lipinski definition) is 2. The SMILES string of the molecule is CCc1c(F)cccc1[C@H](N)CC#N. The molecule has 0 amide bonds. The van der Waals surface area contributed by atoms with Crippen LogP contribution in [0.5, 0.6) is 0 Å². The second-order valence-electron chi connectivity index (χ2n) is 3.13. The summed E-state index contributed by atoms with van der Waals surface area (Å²) in [4.78, 5) is 0. The molecule has 0 aliphatic carbocycles. The van der Waals surface area contributed by atoms with E-state index in [0.717, 1.165) is 5.56 Å². The molecule has 14 heavy (non-hydrogen) atoms. The van der Waals surface area contributed by atoms with E-state index < -0.39 is 0 Å². The van der Waals surface area contributed by atoms with Crippen LogP contribution in [-0.4, -0.2) is 0 Å². The van der Waals surface area contributed by atoms with Gasteiger partial charge in [-0.1, -0.05) is 19.1 Å². The molecule has 0 spiro atoms. The summed E-state index contributed by atoms with van der Waals surface area (Å²) in [6, 6.07) is 6.43. The Morgan fingerprint density at radius 2 is 2.29 bits per heavy atom. The zero-order valence-electron chi connectivity index (χ0n) is 8.13. The van der Waals surface area contributed by atoms with Gasteiger partial charge in [-0.2, -0.15) is 5.26 Å². The van der Waals surface area contributed by atoms with Crippen molar-refractivity contribution in [3.63, 3.8) is 0 Å². The summed E-state index contributed by atoms with van der Waals surface area (Å²) >= 11 is 0. The van der Waals surface area contributed by atoms with Crippen LogP contribution < -0.4 is 5.73 Å². The number of benzene rings is 1. The van der Waals surface area contributed by atoms with Gasteiger partial charge in [0.25, 0.3) is 0 Å². The van der Waals surface area contributed by atoms with Crippen molar-refractivity contribution in [2.45, 2.75) is 25.8 Å². The van der Waals surface area contributed by atoms with Crippen molar-refractivity contribution < 1.29 is 4.39 Å². The Kier molecular flexibility index (Phi) is 3.61. The van der Waals surface area contributed by atoms with Crippen LogP contribution >= 0.6 is 0 Å². The fraction of sp³-hybridized carbons (Fsp3) is 0.364. The van der Waals surface area contributed by atoms with Gasteiger partial charge in [0, 0.05) is 6.04 Å². The largest absolute Gasteiger partial charge is 0.323 e. The quantitative estimate of drug-likeness (QED) is 0.798. The van der Waals surface area contributed by atoms with Gasteiger partial charge in [0.1, 0.15) is 5.82 Å². The molecule has 0 heterocycles. The van der Waals surface area contributed by atoms with Gasteiger partial charge in [0.2, 0.25) is 0 Å². The van der Waals surface area contributed by atoms with Gasteiger partial charge in [0.15, 0.2) is 0 Å². The number of rotatable bonds is 3. The number of nitrogens with two attached hydrogens (primary N) is 1. The maximum absolute atomic E-state index is 13.3. The van der Waals surface area contributed by atoms with Crippen LogP contribution in [0.25, 0.3) is 0 Å². The molecule has 0 aromatic heterocycles. The summed E-state index contributed by atoms with van der Waals surface area (Å²) in [5.74, 6) is -0.238. The first-order chi connectivity index (χ1) is 6.70. The average Bonchev–Trinajstić information content (AvgIpc) is 2.17. The van der Waals surface area contributed by atoms with E-state index in [-0.39, 0.29) is 18.3 Å². The Morgan fingerprint density at radius 1 is 1.57 bits per heavy atom. The molecule has 0 aliphatic heterocycles. The second kappa shape index (κ2) is 4.73. The van der Waals surface area contributed by atoms with Gasteiger partial charge in [-0.15, -0.1) is 0 Å². The Hall–Kier alpha value is -1.40. The summed E-state index contributed by atoms with van der Waals surface area (Å²) in [7, 11) is 0. The second-order valence-corrected chi connectivity index (χ2v) is 3.13. The molecule has 3 heteroatoms. The Bertz CT molecular complexity index is 355. The minimum Gasteiger partial charge on any atom is -0.323 e. The van der Waals surface area contributed by atoms with Crippen molar-refractivity contribution >= 4 is 0 Å². The van der Waals surface area contributed by atoms with Crippen molar-refractivity contribution in [2.75, 3.05) is 0 Å². The Balaban J connectivity index is 3.08. The lowest BCUT2D eigenvalue weighted by atomic mass is 9.97. The van der Waals surface area contributed by atoms with Crippen molar-refractivity contribution in [1.82, 2.24) is 0 Å². The van der Waals surface area contributed by atoms with Gasteiger partial charge in [0.05, 0.1) is 12.5 Å². The molecule has 1 aromatic rings. The fourth-order valence-corrected chi connectivity index (χ4v) is 1.50. The highest BCUT2D eigenvalue weighted by molar-refractivity contribution is 5.31. The minimum atomic E-state index is -0.384. The third kappa shape index (κ3) is 2.09. The lowest BCUT2D eigenvalue weighted by molar-refractivity contribution is 0.601. The highest BCUT2D eigenvalue weighted by Gasteiger charge is 2.12. The molecule has 1 atom stereocenters. The normalized spacial score (nSPS) is 12.1. The molecule has 0 radical (unpaired) electrons. The summed E-state index contributed by atoms with van der Waals surface area (Å²) in [6.07, 6.45) is 0.817. The van der Waals surface area contributed by atoms with Crippen molar-refractivity contribution in [3.05, 3.63) is 35.1 Å². The number of halogens is 1.